The van der Waals surface area contributed by atoms with E-state index in [-0.39, 0.29) is 5.54 Å². The Balaban J connectivity index is 1.65. The van der Waals surface area contributed by atoms with E-state index in [1.54, 1.807) is 0 Å². The second-order valence-corrected chi connectivity index (χ2v) is 6.26. The van der Waals surface area contributed by atoms with E-state index in [2.05, 4.69) is 11.3 Å². The van der Waals surface area contributed by atoms with Crippen LogP contribution in [0, 0.1) is 0 Å². The van der Waals surface area contributed by atoms with Crippen molar-refractivity contribution in [2.75, 3.05) is 0 Å². The molecule has 18 heavy (non-hydrogen) atoms. The Morgan fingerprint density at radius 1 is 1.17 bits per heavy atom. The molecule has 4 heteroatoms. The zero-order valence-electron chi connectivity index (χ0n) is 9.94. The summed E-state index contributed by atoms with van der Waals surface area (Å²) in [4.78, 5) is 0. The van der Waals surface area contributed by atoms with Gasteiger partial charge in [0.2, 0.25) is 0 Å². The van der Waals surface area contributed by atoms with E-state index in [1.807, 2.05) is 35.1 Å². The van der Waals surface area contributed by atoms with E-state index in [0.717, 1.165) is 30.0 Å². The maximum Gasteiger partial charge on any atom is 0.0646 e. The van der Waals surface area contributed by atoms with Gasteiger partial charge in [0.1, 0.15) is 0 Å². The number of aromatic nitrogens is 2. The van der Waals surface area contributed by atoms with E-state index in [4.69, 9.17) is 17.3 Å². The zero-order valence-corrected chi connectivity index (χ0v) is 10.7. The molecule has 0 aliphatic heterocycles. The fourth-order valence-corrected chi connectivity index (χ4v) is 3.63. The second kappa shape index (κ2) is 3.16. The van der Waals surface area contributed by atoms with Crippen molar-refractivity contribution >= 4 is 11.6 Å². The SMILES string of the molecule is NC12CC(c3cnn(-c4ccc(Cl)cc4)c3)(C1)C2. The molecule has 1 aromatic heterocycles. The molecule has 3 aliphatic carbocycles. The van der Waals surface area contributed by atoms with Crippen molar-refractivity contribution < 1.29 is 0 Å². The van der Waals surface area contributed by atoms with Crippen LogP contribution in [0.4, 0.5) is 0 Å². The summed E-state index contributed by atoms with van der Waals surface area (Å²) in [5.74, 6) is 0. The minimum Gasteiger partial charge on any atom is -0.325 e. The molecule has 0 spiro atoms. The first kappa shape index (κ1) is 10.6. The molecule has 3 nitrogen and oxygen atoms in total. The average molecular weight is 260 g/mol. The van der Waals surface area contributed by atoms with E-state index >= 15 is 0 Å². The summed E-state index contributed by atoms with van der Waals surface area (Å²) in [6.45, 7) is 0. The fraction of sp³-hybridized carbons (Fsp3) is 0.357. The molecule has 2 bridgehead atoms. The number of halogens is 1. The Labute approximate surface area is 111 Å². The first-order chi connectivity index (χ1) is 8.59. The minimum absolute atomic E-state index is 0.141. The number of nitrogens with two attached hydrogens (primary N) is 1. The van der Waals surface area contributed by atoms with Crippen LogP contribution in [0.25, 0.3) is 5.69 Å². The summed E-state index contributed by atoms with van der Waals surface area (Å²) >= 11 is 5.89. The predicted molar refractivity (Wildman–Crippen MR) is 71.0 cm³/mol. The first-order valence-corrected chi connectivity index (χ1v) is 6.57. The summed E-state index contributed by atoms with van der Waals surface area (Å²) < 4.78 is 1.91. The number of nitrogens with zero attached hydrogens (tertiary/aromatic N) is 2. The molecule has 2 aromatic rings. The lowest BCUT2D eigenvalue weighted by Crippen LogP contribution is -2.74. The maximum absolute atomic E-state index is 6.10. The number of hydrogen-bond donors (Lipinski definition) is 1. The van der Waals surface area contributed by atoms with Gasteiger partial charge in [0.15, 0.2) is 0 Å². The molecule has 0 radical (unpaired) electrons. The van der Waals surface area contributed by atoms with Crippen molar-refractivity contribution in [3.63, 3.8) is 0 Å². The van der Waals surface area contributed by atoms with Gasteiger partial charge >= 0.3 is 0 Å². The van der Waals surface area contributed by atoms with Gasteiger partial charge in [-0.05, 0) is 49.1 Å². The van der Waals surface area contributed by atoms with Crippen molar-refractivity contribution in [3.05, 3.63) is 47.2 Å². The van der Waals surface area contributed by atoms with E-state index in [1.165, 1.54) is 5.56 Å². The normalized spacial score (nSPS) is 32.8. The lowest BCUT2D eigenvalue weighted by atomic mass is 9.38. The monoisotopic (exact) mass is 259 g/mol. The molecule has 0 atom stereocenters. The quantitative estimate of drug-likeness (QED) is 0.901. The molecule has 3 saturated carbocycles. The lowest BCUT2D eigenvalue weighted by molar-refractivity contribution is -0.0590. The van der Waals surface area contributed by atoms with Crippen LogP contribution in [0.2, 0.25) is 5.02 Å². The number of rotatable bonds is 2. The van der Waals surface area contributed by atoms with Crippen molar-refractivity contribution in [2.24, 2.45) is 5.73 Å². The zero-order chi connectivity index (χ0) is 12.4. The van der Waals surface area contributed by atoms with E-state index in [0.29, 0.717) is 5.41 Å². The molecule has 0 unspecified atom stereocenters. The molecular formula is C14H14ClN3. The van der Waals surface area contributed by atoms with Crippen molar-refractivity contribution in [3.8, 4) is 5.69 Å². The van der Waals surface area contributed by atoms with Gasteiger partial charge in [0.05, 0.1) is 11.9 Å². The van der Waals surface area contributed by atoms with Gasteiger partial charge in [0, 0.05) is 22.2 Å². The average Bonchev–Trinajstić information content (AvgIpc) is 2.74. The molecule has 1 heterocycles. The Morgan fingerprint density at radius 2 is 1.83 bits per heavy atom. The van der Waals surface area contributed by atoms with Crippen LogP contribution in [0.15, 0.2) is 36.7 Å². The van der Waals surface area contributed by atoms with Gasteiger partial charge in [0.25, 0.3) is 0 Å². The highest BCUT2D eigenvalue weighted by molar-refractivity contribution is 6.30. The van der Waals surface area contributed by atoms with Gasteiger partial charge in [-0.25, -0.2) is 4.68 Å². The van der Waals surface area contributed by atoms with E-state index in [9.17, 15) is 0 Å². The van der Waals surface area contributed by atoms with Crippen LogP contribution in [-0.2, 0) is 5.41 Å². The van der Waals surface area contributed by atoms with Gasteiger partial charge in [-0.15, -0.1) is 0 Å². The smallest absolute Gasteiger partial charge is 0.0646 e. The summed E-state index contributed by atoms with van der Waals surface area (Å²) in [5.41, 5.74) is 8.94. The fourth-order valence-electron chi connectivity index (χ4n) is 3.50. The van der Waals surface area contributed by atoms with Gasteiger partial charge in [-0.3, -0.25) is 0 Å². The Bertz CT molecular complexity index is 594. The summed E-state index contributed by atoms with van der Waals surface area (Å²) in [5, 5.41) is 5.19. The van der Waals surface area contributed by atoms with Gasteiger partial charge in [-0.1, -0.05) is 11.6 Å². The minimum atomic E-state index is 0.141. The standard InChI is InChI=1S/C14H14ClN3/c15-11-1-3-12(4-2-11)18-6-10(5-17-18)13-7-14(16,8-13)9-13/h1-6H,7-9,16H2. The molecular weight excluding hydrogens is 246 g/mol. The van der Waals surface area contributed by atoms with Crippen LogP contribution in [0.3, 0.4) is 0 Å². The third-order valence-corrected chi connectivity index (χ3v) is 4.61. The van der Waals surface area contributed by atoms with Gasteiger partial charge in [-0.2, -0.15) is 5.10 Å². The van der Waals surface area contributed by atoms with Crippen LogP contribution >= 0.6 is 11.6 Å². The van der Waals surface area contributed by atoms with Crippen LogP contribution in [-0.4, -0.2) is 15.3 Å². The summed E-state index contributed by atoms with van der Waals surface area (Å²) in [7, 11) is 0. The highest BCUT2D eigenvalue weighted by atomic mass is 35.5. The van der Waals surface area contributed by atoms with Crippen molar-refractivity contribution in [2.45, 2.75) is 30.2 Å². The molecule has 0 saturated heterocycles. The predicted octanol–water partition coefficient (Wildman–Crippen LogP) is 2.66. The summed E-state index contributed by atoms with van der Waals surface area (Å²) in [6, 6.07) is 7.72. The molecule has 92 valence electrons. The molecule has 1 aromatic carbocycles. The molecule has 5 rings (SSSR count). The Kier molecular flexibility index (Phi) is 1.86. The Hall–Kier alpha value is -1.32. The molecule has 3 fully saturated rings. The number of benzene rings is 1. The first-order valence-electron chi connectivity index (χ1n) is 6.19. The van der Waals surface area contributed by atoms with Crippen molar-refractivity contribution in [1.29, 1.82) is 0 Å². The van der Waals surface area contributed by atoms with Crippen LogP contribution in [0.5, 0.6) is 0 Å². The third-order valence-electron chi connectivity index (χ3n) is 4.36. The Morgan fingerprint density at radius 3 is 2.44 bits per heavy atom. The molecule has 2 N–H and O–H groups in total. The van der Waals surface area contributed by atoms with Crippen LogP contribution in [0.1, 0.15) is 24.8 Å². The lowest BCUT2D eigenvalue weighted by Gasteiger charge is -2.69. The topological polar surface area (TPSA) is 43.8 Å². The summed E-state index contributed by atoms with van der Waals surface area (Å²) in [6.07, 6.45) is 7.46. The molecule has 3 aliphatic rings. The highest BCUT2D eigenvalue weighted by Gasteiger charge is 2.66. The second-order valence-electron chi connectivity index (χ2n) is 5.82. The van der Waals surface area contributed by atoms with Gasteiger partial charge < -0.3 is 5.73 Å². The number of hydrogen-bond acceptors (Lipinski definition) is 2. The largest absolute Gasteiger partial charge is 0.325 e. The van der Waals surface area contributed by atoms with E-state index < -0.39 is 0 Å². The molecule has 0 amide bonds. The van der Waals surface area contributed by atoms with Crippen LogP contribution < -0.4 is 5.73 Å². The highest BCUT2D eigenvalue weighted by Crippen LogP contribution is 2.66. The van der Waals surface area contributed by atoms with Crippen molar-refractivity contribution in [1.82, 2.24) is 9.78 Å². The third kappa shape index (κ3) is 1.32. The maximum atomic E-state index is 6.10.